The molecule has 1 aliphatic heterocycles. The van der Waals surface area contributed by atoms with Gasteiger partial charge in [-0.05, 0) is 13.8 Å². The number of rotatable bonds is 3. The topological polar surface area (TPSA) is 50.2 Å². The first-order valence-electron chi connectivity index (χ1n) is 6.01. The summed E-state index contributed by atoms with van der Waals surface area (Å²) in [5, 5.41) is 3.30. The molecule has 0 radical (unpaired) electrons. The lowest BCUT2D eigenvalue weighted by molar-refractivity contribution is 0.0588. The number of Topliss-reactive ketones (excluding diaryl/α,β-unsaturated/α-hetero) is 1. The third-order valence-corrected chi connectivity index (χ3v) is 3.49. The van der Waals surface area contributed by atoms with Gasteiger partial charge in [0.15, 0.2) is 5.82 Å². The molecule has 1 saturated heterocycles. The fourth-order valence-corrected chi connectivity index (χ4v) is 2.23. The van der Waals surface area contributed by atoms with E-state index >= 15 is 0 Å². The van der Waals surface area contributed by atoms with Gasteiger partial charge in [-0.2, -0.15) is 0 Å². The lowest BCUT2D eigenvalue weighted by atomic mass is 9.95. The van der Waals surface area contributed by atoms with Gasteiger partial charge in [-0.3, -0.25) is 9.69 Å². The van der Waals surface area contributed by atoms with Crippen LogP contribution in [-0.2, 0) is 7.05 Å². The van der Waals surface area contributed by atoms with E-state index in [0.29, 0.717) is 5.82 Å². The molecule has 1 N–H and O–H groups in total. The minimum Gasteiger partial charge on any atom is -0.332 e. The van der Waals surface area contributed by atoms with E-state index in [1.54, 1.807) is 17.0 Å². The standard InChI is InChI=1S/C12H20N4O/c1-12(2,16-8-4-13-5-9-16)10(17)11-14-6-7-15(11)3/h6-7,13H,4-5,8-9H2,1-3H3. The first-order valence-corrected chi connectivity index (χ1v) is 6.01. The fraction of sp³-hybridized carbons (Fsp3) is 0.667. The van der Waals surface area contributed by atoms with E-state index in [2.05, 4.69) is 15.2 Å². The van der Waals surface area contributed by atoms with Crippen molar-refractivity contribution in [2.24, 2.45) is 7.05 Å². The summed E-state index contributed by atoms with van der Waals surface area (Å²) in [6.45, 7) is 7.66. The SMILES string of the molecule is Cn1ccnc1C(=O)C(C)(C)N1CCNCC1. The highest BCUT2D eigenvalue weighted by atomic mass is 16.1. The van der Waals surface area contributed by atoms with Crippen molar-refractivity contribution in [1.82, 2.24) is 19.8 Å². The summed E-state index contributed by atoms with van der Waals surface area (Å²) in [6.07, 6.45) is 3.47. The zero-order chi connectivity index (χ0) is 12.5. The number of nitrogens with zero attached hydrogens (tertiary/aromatic N) is 3. The number of carbonyl (C=O) groups excluding carboxylic acids is 1. The zero-order valence-electron chi connectivity index (χ0n) is 10.7. The molecular formula is C12H20N4O. The summed E-state index contributed by atoms with van der Waals surface area (Å²) in [6, 6.07) is 0. The van der Waals surface area contributed by atoms with Gasteiger partial charge >= 0.3 is 0 Å². The van der Waals surface area contributed by atoms with Crippen molar-refractivity contribution in [3.63, 3.8) is 0 Å². The van der Waals surface area contributed by atoms with Crippen LogP contribution in [0.2, 0.25) is 0 Å². The van der Waals surface area contributed by atoms with Gasteiger partial charge in [-0.15, -0.1) is 0 Å². The number of ketones is 1. The van der Waals surface area contributed by atoms with Crippen molar-refractivity contribution in [3.8, 4) is 0 Å². The average Bonchev–Trinajstić information content (AvgIpc) is 2.75. The highest BCUT2D eigenvalue weighted by Crippen LogP contribution is 2.20. The van der Waals surface area contributed by atoms with Crippen LogP contribution in [0.5, 0.6) is 0 Å². The minimum atomic E-state index is -0.485. The van der Waals surface area contributed by atoms with Gasteiger partial charge in [0.25, 0.3) is 0 Å². The summed E-state index contributed by atoms with van der Waals surface area (Å²) in [5.74, 6) is 0.625. The maximum absolute atomic E-state index is 12.5. The molecule has 1 aromatic heterocycles. The summed E-state index contributed by atoms with van der Waals surface area (Å²) in [4.78, 5) is 18.9. The summed E-state index contributed by atoms with van der Waals surface area (Å²) >= 11 is 0. The number of aryl methyl sites for hydroxylation is 1. The monoisotopic (exact) mass is 236 g/mol. The normalized spacial score (nSPS) is 18.3. The average molecular weight is 236 g/mol. The third kappa shape index (κ3) is 2.25. The van der Waals surface area contributed by atoms with E-state index in [1.165, 1.54) is 0 Å². The highest BCUT2D eigenvalue weighted by Gasteiger charge is 2.37. The minimum absolute atomic E-state index is 0.0897. The van der Waals surface area contributed by atoms with Crippen LogP contribution in [0, 0.1) is 0 Å². The van der Waals surface area contributed by atoms with E-state index in [4.69, 9.17) is 0 Å². The molecule has 0 aromatic carbocycles. The van der Waals surface area contributed by atoms with Gasteiger partial charge in [0.2, 0.25) is 5.78 Å². The molecule has 0 aliphatic carbocycles. The molecule has 1 aromatic rings. The van der Waals surface area contributed by atoms with Crippen LogP contribution in [0.15, 0.2) is 12.4 Å². The predicted octanol–water partition coefficient (Wildman–Crippen LogP) is 0.287. The Balaban J connectivity index is 2.19. The van der Waals surface area contributed by atoms with Gasteiger partial charge in [-0.25, -0.2) is 4.98 Å². The number of hydrogen-bond donors (Lipinski definition) is 1. The second kappa shape index (κ2) is 4.58. The molecule has 5 heteroatoms. The Bertz CT molecular complexity index is 404. The van der Waals surface area contributed by atoms with Gasteiger partial charge in [0, 0.05) is 45.6 Å². The van der Waals surface area contributed by atoms with Crippen molar-refractivity contribution in [1.29, 1.82) is 0 Å². The summed E-state index contributed by atoms with van der Waals surface area (Å²) < 4.78 is 1.78. The van der Waals surface area contributed by atoms with Crippen LogP contribution in [0.25, 0.3) is 0 Å². The van der Waals surface area contributed by atoms with E-state index < -0.39 is 5.54 Å². The molecule has 0 amide bonds. The maximum Gasteiger partial charge on any atom is 0.217 e. The van der Waals surface area contributed by atoms with Crippen molar-refractivity contribution in [2.45, 2.75) is 19.4 Å². The lowest BCUT2D eigenvalue weighted by Crippen LogP contribution is -2.57. The number of imidazole rings is 1. The molecular weight excluding hydrogens is 216 g/mol. The van der Waals surface area contributed by atoms with Crippen LogP contribution >= 0.6 is 0 Å². The molecule has 17 heavy (non-hydrogen) atoms. The van der Waals surface area contributed by atoms with Gasteiger partial charge < -0.3 is 9.88 Å². The number of nitrogens with one attached hydrogen (secondary N) is 1. The number of aromatic nitrogens is 2. The van der Waals surface area contributed by atoms with Gasteiger partial charge in [0.05, 0.1) is 5.54 Å². The number of piperazine rings is 1. The molecule has 0 bridgehead atoms. The van der Waals surface area contributed by atoms with Crippen LogP contribution < -0.4 is 5.32 Å². The highest BCUT2D eigenvalue weighted by molar-refractivity contribution is 5.99. The fourth-order valence-electron chi connectivity index (χ4n) is 2.23. The van der Waals surface area contributed by atoms with E-state index in [-0.39, 0.29) is 5.78 Å². The molecule has 0 atom stereocenters. The zero-order valence-corrected chi connectivity index (χ0v) is 10.7. The third-order valence-electron chi connectivity index (χ3n) is 3.49. The second-order valence-electron chi connectivity index (χ2n) is 4.99. The number of carbonyl (C=O) groups is 1. The molecule has 0 spiro atoms. The largest absolute Gasteiger partial charge is 0.332 e. The molecule has 1 fully saturated rings. The molecule has 5 nitrogen and oxygen atoms in total. The Hall–Kier alpha value is -1.20. The molecule has 0 unspecified atom stereocenters. The van der Waals surface area contributed by atoms with Crippen LogP contribution in [-0.4, -0.2) is 52.0 Å². The van der Waals surface area contributed by atoms with Gasteiger partial charge in [0.1, 0.15) is 0 Å². The summed E-state index contributed by atoms with van der Waals surface area (Å²) in [5.41, 5.74) is -0.485. The Morgan fingerprint density at radius 1 is 1.41 bits per heavy atom. The van der Waals surface area contributed by atoms with E-state index in [1.807, 2.05) is 20.9 Å². The predicted molar refractivity (Wildman–Crippen MR) is 66.1 cm³/mol. The quantitative estimate of drug-likeness (QED) is 0.766. The van der Waals surface area contributed by atoms with Crippen molar-refractivity contribution < 1.29 is 4.79 Å². The van der Waals surface area contributed by atoms with Gasteiger partial charge in [-0.1, -0.05) is 0 Å². The Morgan fingerprint density at radius 3 is 2.59 bits per heavy atom. The van der Waals surface area contributed by atoms with Crippen molar-refractivity contribution in [3.05, 3.63) is 18.2 Å². The van der Waals surface area contributed by atoms with Crippen LogP contribution in [0.1, 0.15) is 24.5 Å². The lowest BCUT2D eigenvalue weighted by Gasteiger charge is -2.39. The first-order chi connectivity index (χ1) is 8.03. The van der Waals surface area contributed by atoms with E-state index in [0.717, 1.165) is 26.2 Å². The number of hydrogen-bond acceptors (Lipinski definition) is 4. The smallest absolute Gasteiger partial charge is 0.217 e. The molecule has 2 heterocycles. The molecule has 0 saturated carbocycles. The van der Waals surface area contributed by atoms with Crippen molar-refractivity contribution in [2.75, 3.05) is 26.2 Å². The Morgan fingerprint density at radius 2 is 2.06 bits per heavy atom. The molecule has 2 rings (SSSR count). The van der Waals surface area contributed by atoms with Crippen LogP contribution in [0.4, 0.5) is 0 Å². The van der Waals surface area contributed by atoms with E-state index in [9.17, 15) is 4.79 Å². The van der Waals surface area contributed by atoms with Crippen LogP contribution in [0.3, 0.4) is 0 Å². The maximum atomic E-state index is 12.5. The summed E-state index contributed by atoms with van der Waals surface area (Å²) in [7, 11) is 1.86. The first kappa shape index (κ1) is 12.3. The molecule has 94 valence electrons. The second-order valence-corrected chi connectivity index (χ2v) is 4.99. The Labute approximate surface area is 102 Å². The molecule has 1 aliphatic rings. The van der Waals surface area contributed by atoms with Crippen molar-refractivity contribution >= 4 is 5.78 Å². The Kier molecular flexibility index (Phi) is 3.31.